The fourth-order valence-corrected chi connectivity index (χ4v) is 3.28. The van der Waals surface area contributed by atoms with Gasteiger partial charge in [-0.05, 0) is 38.6 Å². The van der Waals surface area contributed by atoms with Crippen molar-refractivity contribution in [2.24, 2.45) is 0 Å². The van der Waals surface area contributed by atoms with Gasteiger partial charge in [-0.1, -0.05) is 24.3 Å². The number of ether oxygens (including phenoxy) is 1. The van der Waals surface area contributed by atoms with E-state index in [1.807, 2.05) is 54.5 Å². The standard InChI is InChI=1S/C20H25N3O2/c1-20(2)11-17(16-8-4-5-9-18(16)25-20)22-19(24)14-23(3)13-15-7-6-10-21-12-15/h4-10,12,17H,11,13-14H2,1-3H3,(H,22,24). The van der Waals surface area contributed by atoms with Crippen molar-refractivity contribution in [2.45, 2.75) is 38.5 Å². The summed E-state index contributed by atoms with van der Waals surface area (Å²) in [6.07, 6.45) is 4.33. The van der Waals surface area contributed by atoms with Crippen LogP contribution < -0.4 is 10.1 Å². The van der Waals surface area contributed by atoms with E-state index in [0.29, 0.717) is 13.1 Å². The number of nitrogens with one attached hydrogen (secondary N) is 1. The molecule has 0 spiro atoms. The fraction of sp³-hybridized carbons (Fsp3) is 0.400. The number of hydrogen-bond acceptors (Lipinski definition) is 4. The topological polar surface area (TPSA) is 54.5 Å². The Kier molecular flexibility index (Phi) is 5.04. The summed E-state index contributed by atoms with van der Waals surface area (Å²) in [6.45, 7) is 5.14. The van der Waals surface area contributed by atoms with E-state index < -0.39 is 0 Å². The predicted molar refractivity (Wildman–Crippen MR) is 97.2 cm³/mol. The molecule has 25 heavy (non-hydrogen) atoms. The second-order valence-corrected chi connectivity index (χ2v) is 7.26. The Bertz CT molecular complexity index is 731. The van der Waals surface area contributed by atoms with E-state index in [1.54, 1.807) is 6.20 Å². The average molecular weight is 339 g/mol. The Balaban J connectivity index is 1.62. The van der Waals surface area contributed by atoms with Crippen LogP contribution in [-0.4, -0.2) is 35.0 Å². The van der Waals surface area contributed by atoms with Crippen LogP contribution in [0.5, 0.6) is 5.75 Å². The smallest absolute Gasteiger partial charge is 0.234 e. The van der Waals surface area contributed by atoms with Crippen molar-refractivity contribution < 1.29 is 9.53 Å². The van der Waals surface area contributed by atoms with Crippen LogP contribution >= 0.6 is 0 Å². The van der Waals surface area contributed by atoms with Crippen molar-refractivity contribution in [1.82, 2.24) is 15.2 Å². The molecular weight excluding hydrogens is 314 g/mol. The van der Waals surface area contributed by atoms with Crippen LogP contribution in [0.1, 0.15) is 37.4 Å². The Morgan fingerprint density at radius 2 is 2.12 bits per heavy atom. The quantitative estimate of drug-likeness (QED) is 0.910. The third-order valence-electron chi connectivity index (χ3n) is 4.30. The Labute approximate surface area is 149 Å². The zero-order valence-corrected chi connectivity index (χ0v) is 15.0. The zero-order valence-electron chi connectivity index (χ0n) is 15.0. The molecule has 0 saturated heterocycles. The summed E-state index contributed by atoms with van der Waals surface area (Å²) in [5.74, 6) is 0.872. The van der Waals surface area contributed by atoms with E-state index in [4.69, 9.17) is 4.74 Å². The van der Waals surface area contributed by atoms with Gasteiger partial charge in [-0.2, -0.15) is 0 Å². The number of aromatic nitrogens is 1. The molecule has 5 heteroatoms. The molecule has 1 N–H and O–H groups in total. The fourth-order valence-electron chi connectivity index (χ4n) is 3.28. The zero-order chi connectivity index (χ0) is 17.9. The number of fused-ring (bicyclic) bond motifs is 1. The van der Waals surface area contributed by atoms with Crippen molar-refractivity contribution in [3.8, 4) is 5.75 Å². The first-order chi connectivity index (χ1) is 11.9. The van der Waals surface area contributed by atoms with Gasteiger partial charge in [-0.25, -0.2) is 0 Å². The Morgan fingerprint density at radius 3 is 2.88 bits per heavy atom. The van der Waals surface area contributed by atoms with E-state index >= 15 is 0 Å². The molecule has 1 atom stereocenters. The molecule has 0 radical (unpaired) electrons. The summed E-state index contributed by atoms with van der Waals surface area (Å²) in [7, 11) is 1.94. The number of hydrogen-bond donors (Lipinski definition) is 1. The molecule has 5 nitrogen and oxygen atoms in total. The van der Waals surface area contributed by atoms with E-state index in [9.17, 15) is 4.79 Å². The van der Waals surface area contributed by atoms with Gasteiger partial charge in [0.05, 0.1) is 12.6 Å². The molecule has 3 rings (SSSR count). The molecule has 2 aromatic rings. The van der Waals surface area contributed by atoms with Crippen LogP contribution in [0.25, 0.3) is 0 Å². The van der Waals surface area contributed by atoms with Crippen LogP contribution in [0.4, 0.5) is 0 Å². The minimum absolute atomic E-state index is 0.0175. The van der Waals surface area contributed by atoms with Gasteiger partial charge in [-0.15, -0.1) is 0 Å². The van der Waals surface area contributed by atoms with Gasteiger partial charge in [0.25, 0.3) is 0 Å². The number of pyridine rings is 1. The lowest BCUT2D eigenvalue weighted by atomic mass is 9.89. The second-order valence-electron chi connectivity index (χ2n) is 7.26. The molecule has 0 bridgehead atoms. The lowest BCUT2D eigenvalue weighted by Gasteiger charge is -2.38. The molecule has 1 aliphatic rings. The molecule has 1 aliphatic heterocycles. The van der Waals surface area contributed by atoms with Gasteiger partial charge in [0.1, 0.15) is 11.4 Å². The van der Waals surface area contributed by atoms with Crippen molar-refractivity contribution in [3.63, 3.8) is 0 Å². The van der Waals surface area contributed by atoms with Crippen molar-refractivity contribution >= 4 is 5.91 Å². The molecular formula is C20H25N3O2. The molecule has 1 aromatic heterocycles. The first-order valence-corrected chi connectivity index (χ1v) is 8.58. The number of benzene rings is 1. The van der Waals surface area contributed by atoms with Crippen LogP contribution in [0.15, 0.2) is 48.8 Å². The number of carbonyl (C=O) groups is 1. The minimum Gasteiger partial charge on any atom is -0.487 e. The third-order valence-corrected chi connectivity index (χ3v) is 4.30. The van der Waals surface area contributed by atoms with Gasteiger partial charge < -0.3 is 10.1 Å². The van der Waals surface area contributed by atoms with Gasteiger partial charge in [0.15, 0.2) is 0 Å². The maximum atomic E-state index is 12.5. The maximum Gasteiger partial charge on any atom is 0.234 e. The van der Waals surface area contributed by atoms with Crippen LogP contribution in [0, 0.1) is 0 Å². The second kappa shape index (κ2) is 7.23. The number of carbonyl (C=O) groups excluding carboxylic acids is 1. The average Bonchev–Trinajstić information content (AvgIpc) is 2.54. The number of likely N-dealkylation sites (N-methyl/N-ethyl adjacent to an activating group) is 1. The van der Waals surface area contributed by atoms with Crippen LogP contribution in [-0.2, 0) is 11.3 Å². The molecule has 0 aliphatic carbocycles. The normalized spacial score (nSPS) is 18.3. The highest BCUT2D eigenvalue weighted by Crippen LogP contribution is 2.39. The number of nitrogens with zero attached hydrogens (tertiary/aromatic N) is 2. The third kappa shape index (κ3) is 4.57. The first kappa shape index (κ1) is 17.4. The van der Waals surface area contributed by atoms with Crippen molar-refractivity contribution in [3.05, 3.63) is 59.9 Å². The Hall–Kier alpha value is -2.40. The maximum absolute atomic E-state index is 12.5. The summed E-state index contributed by atoms with van der Waals surface area (Å²) in [4.78, 5) is 18.6. The largest absolute Gasteiger partial charge is 0.487 e. The molecule has 1 unspecified atom stereocenters. The van der Waals surface area contributed by atoms with E-state index in [-0.39, 0.29) is 17.6 Å². The monoisotopic (exact) mass is 339 g/mol. The highest BCUT2D eigenvalue weighted by Gasteiger charge is 2.34. The predicted octanol–water partition coefficient (Wildman–Crippen LogP) is 2.93. The van der Waals surface area contributed by atoms with Crippen LogP contribution in [0.3, 0.4) is 0 Å². The summed E-state index contributed by atoms with van der Waals surface area (Å²) >= 11 is 0. The highest BCUT2D eigenvalue weighted by atomic mass is 16.5. The lowest BCUT2D eigenvalue weighted by Crippen LogP contribution is -2.43. The Morgan fingerprint density at radius 1 is 1.32 bits per heavy atom. The van der Waals surface area contributed by atoms with Gasteiger partial charge >= 0.3 is 0 Å². The lowest BCUT2D eigenvalue weighted by molar-refractivity contribution is -0.123. The van der Waals surface area contributed by atoms with E-state index in [2.05, 4.69) is 24.1 Å². The summed E-state index contributed by atoms with van der Waals surface area (Å²) in [5, 5.41) is 3.17. The highest BCUT2D eigenvalue weighted by molar-refractivity contribution is 5.78. The molecule has 1 amide bonds. The number of rotatable bonds is 5. The molecule has 1 aromatic carbocycles. The minimum atomic E-state index is -0.298. The van der Waals surface area contributed by atoms with Gasteiger partial charge in [-0.3, -0.25) is 14.7 Å². The first-order valence-electron chi connectivity index (χ1n) is 8.58. The SMILES string of the molecule is CN(CC(=O)NC1CC(C)(C)Oc2ccccc21)Cc1cccnc1. The van der Waals surface area contributed by atoms with E-state index in [1.165, 1.54) is 0 Å². The molecule has 0 fully saturated rings. The summed E-state index contributed by atoms with van der Waals surface area (Å²) in [6, 6.07) is 11.8. The number of para-hydroxylation sites is 1. The summed E-state index contributed by atoms with van der Waals surface area (Å²) in [5.41, 5.74) is 1.84. The van der Waals surface area contributed by atoms with Crippen molar-refractivity contribution in [1.29, 1.82) is 0 Å². The van der Waals surface area contributed by atoms with E-state index in [0.717, 1.165) is 23.3 Å². The van der Waals surface area contributed by atoms with Crippen molar-refractivity contribution in [2.75, 3.05) is 13.6 Å². The molecule has 0 saturated carbocycles. The number of amides is 1. The molecule has 2 heterocycles. The summed E-state index contributed by atoms with van der Waals surface area (Å²) < 4.78 is 6.02. The van der Waals surface area contributed by atoms with Crippen LogP contribution in [0.2, 0.25) is 0 Å². The van der Waals surface area contributed by atoms with Gasteiger partial charge in [0, 0.05) is 30.9 Å². The van der Waals surface area contributed by atoms with Gasteiger partial charge in [0.2, 0.25) is 5.91 Å². The molecule has 132 valence electrons.